The molecule has 2 heterocycles. The maximum atomic E-state index is 12.4. The average molecular weight is 310 g/mol. The third-order valence-electron chi connectivity index (χ3n) is 4.14. The summed E-state index contributed by atoms with van der Waals surface area (Å²) in [6.45, 7) is 1.63. The van der Waals surface area contributed by atoms with E-state index >= 15 is 0 Å². The second-order valence-electron chi connectivity index (χ2n) is 5.66. The molecule has 0 unspecified atom stereocenters. The topological polar surface area (TPSA) is 70.5 Å². The molecule has 1 saturated heterocycles. The van der Waals surface area contributed by atoms with Crippen molar-refractivity contribution < 1.29 is 14.7 Å². The first-order valence-corrected chi connectivity index (χ1v) is 7.74. The summed E-state index contributed by atoms with van der Waals surface area (Å²) < 4.78 is 0. The van der Waals surface area contributed by atoms with Gasteiger partial charge < -0.3 is 10.0 Å². The number of carboxylic acids is 1. The molecule has 1 amide bonds. The van der Waals surface area contributed by atoms with E-state index in [1.807, 2.05) is 4.90 Å². The van der Waals surface area contributed by atoms with Crippen molar-refractivity contribution in [2.24, 2.45) is 0 Å². The summed E-state index contributed by atoms with van der Waals surface area (Å²) in [6.07, 6.45) is 6.20. The molecule has 0 aliphatic carbocycles. The number of aromatic nitrogens is 1. The molecule has 1 aliphatic heterocycles. The number of carbonyl (C=O) groups excluding carboxylic acids is 1. The van der Waals surface area contributed by atoms with Crippen LogP contribution in [0.15, 0.2) is 42.7 Å². The molecular formula is C18H18N2O3. The van der Waals surface area contributed by atoms with Gasteiger partial charge in [0.2, 0.25) is 0 Å². The van der Waals surface area contributed by atoms with Gasteiger partial charge in [-0.25, -0.2) is 4.79 Å². The van der Waals surface area contributed by atoms with Gasteiger partial charge in [-0.3, -0.25) is 9.78 Å². The molecule has 0 saturated carbocycles. The Morgan fingerprint density at radius 2 is 1.70 bits per heavy atom. The molecule has 0 radical (unpaired) electrons. The number of nitrogens with zero attached hydrogens (tertiary/aromatic N) is 2. The Bertz CT molecular complexity index is 719. The van der Waals surface area contributed by atoms with Crippen molar-refractivity contribution in [3.8, 4) is 11.1 Å². The number of aromatic carboxylic acids is 1. The van der Waals surface area contributed by atoms with E-state index in [9.17, 15) is 14.7 Å². The van der Waals surface area contributed by atoms with Gasteiger partial charge in [-0.05, 0) is 48.6 Å². The maximum absolute atomic E-state index is 12.4. The number of carboxylic acid groups (broad SMARTS) is 1. The summed E-state index contributed by atoms with van der Waals surface area (Å²) in [7, 11) is 0. The lowest BCUT2D eigenvalue weighted by Crippen LogP contribution is -2.35. The maximum Gasteiger partial charge on any atom is 0.337 e. The molecule has 23 heavy (non-hydrogen) atoms. The van der Waals surface area contributed by atoms with E-state index in [2.05, 4.69) is 4.98 Å². The fourth-order valence-corrected chi connectivity index (χ4v) is 2.89. The first-order valence-electron chi connectivity index (χ1n) is 7.74. The normalized spacial score (nSPS) is 14.5. The number of carbonyl (C=O) groups is 2. The highest BCUT2D eigenvalue weighted by atomic mass is 16.4. The molecule has 1 fully saturated rings. The molecule has 5 heteroatoms. The number of amides is 1. The molecule has 1 N–H and O–H groups in total. The summed E-state index contributed by atoms with van der Waals surface area (Å²) >= 11 is 0. The van der Waals surface area contributed by atoms with E-state index in [0.717, 1.165) is 31.5 Å². The molecule has 1 aliphatic rings. The van der Waals surface area contributed by atoms with Crippen LogP contribution in [0.25, 0.3) is 11.1 Å². The Morgan fingerprint density at radius 1 is 1.00 bits per heavy atom. The first kappa shape index (κ1) is 15.2. The second kappa shape index (κ2) is 6.60. The summed E-state index contributed by atoms with van der Waals surface area (Å²) in [4.78, 5) is 29.5. The number of likely N-dealkylation sites (tertiary alicyclic amines) is 1. The van der Waals surface area contributed by atoms with E-state index in [4.69, 9.17) is 0 Å². The Morgan fingerprint density at radius 3 is 2.35 bits per heavy atom. The van der Waals surface area contributed by atoms with E-state index in [1.165, 1.54) is 12.6 Å². The van der Waals surface area contributed by atoms with E-state index < -0.39 is 5.97 Å². The summed E-state index contributed by atoms with van der Waals surface area (Å²) in [5, 5.41) is 9.24. The Kier molecular flexibility index (Phi) is 4.37. The van der Waals surface area contributed by atoms with Gasteiger partial charge >= 0.3 is 5.97 Å². The Hall–Kier alpha value is -2.69. The van der Waals surface area contributed by atoms with E-state index in [1.54, 1.807) is 36.5 Å². The first-order chi connectivity index (χ1) is 11.2. The highest BCUT2D eigenvalue weighted by Gasteiger charge is 2.18. The molecule has 5 nitrogen and oxygen atoms in total. The van der Waals surface area contributed by atoms with Gasteiger partial charge in [0.1, 0.15) is 0 Å². The van der Waals surface area contributed by atoms with Crippen molar-refractivity contribution in [2.75, 3.05) is 13.1 Å². The zero-order valence-electron chi connectivity index (χ0n) is 12.7. The zero-order valence-corrected chi connectivity index (χ0v) is 12.7. The SMILES string of the molecule is O=C(O)c1cnccc1-c1ccc(C(=O)N2CCCCC2)cc1. The van der Waals surface area contributed by atoms with Crippen LogP contribution in [-0.2, 0) is 0 Å². The second-order valence-corrected chi connectivity index (χ2v) is 5.66. The molecule has 118 valence electrons. The predicted molar refractivity (Wildman–Crippen MR) is 86.4 cm³/mol. The summed E-state index contributed by atoms with van der Waals surface area (Å²) in [5.74, 6) is -0.967. The molecule has 1 aromatic carbocycles. The Balaban J connectivity index is 1.85. The van der Waals surface area contributed by atoms with Gasteiger partial charge in [0, 0.05) is 31.0 Å². The van der Waals surface area contributed by atoms with Crippen LogP contribution in [0.5, 0.6) is 0 Å². The van der Waals surface area contributed by atoms with Crippen molar-refractivity contribution >= 4 is 11.9 Å². The number of hydrogen-bond donors (Lipinski definition) is 1. The highest BCUT2D eigenvalue weighted by Crippen LogP contribution is 2.24. The standard InChI is InChI=1S/C18H18N2O3/c21-17(20-10-2-1-3-11-20)14-6-4-13(5-7-14)15-8-9-19-12-16(15)18(22)23/h4-9,12H,1-3,10-11H2,(H,22,23). The van der Waals surface area contributed by atoms with Gasteiger partial charge in [0.05, 0.1) is 5.56 Å². The minimum Gasteiger partial charge on any atom is -0.478 e. The molecular weight excluding hydrogens is 292 g/mol. The van der Waals surface area contributed by atoms with Crippen LogP contribution < -0.4 is 0 Å². The lowest BCUT2D eigenvalue weighted by atomic mass is 10.00. The molecule has 0 atom stereocenters. The van der Waals surface area contributed by atoms with E-state index in [0.29, 0.717) is 11.1 Å². The van der Waals surface area contributed by atoms with Gasteiger partial charge in [-0.2, -0.15) is 0 Å². The van der Waals surface area contributed by atoms with Crippen molar-refractivity contribution in [1.29, 1.82) is 0 Å². The summed E-state index contributed by atoms with van der Waals surface area (Å²) in [6, 6.07) is 8.78. The largest absolute Gasteiger partial charge is 0.478 e. The fraction of sp³-hybridized carbons (Fsp3) is 0.278. The number of hydrogen-bond acceptors (Lipinski definition) is 3. The highest BCUT2D eigenvalue weighted by molar-refractivity contribution is 5.97. The van der Waals surface area contributed by atoms with Gasteiger partial charge in [-0.15, -0.1) is 0 Å². The van der Waals surface area contributed by atoms with Crippen LogP contribution in [0.1, 0.15) is 40.0 Å². The van der Waals surface area contributed by atoms with Crippen LogP contribution in [0.3, 0.4) is 0 Å². The van der Waals surface area contributed by atoms with Crippen molar-refractivity contribution in [1.82, 2.24) is 9.88 Å². The van der Waals surface area contributed by atoms with E-state index in [-0.39, 0.29) is 11.5 Å². The molecule has 3 rings (SSSR count). The van der Waals surface area contributed by atoms with Crippen molar-refractivity contribution in [3.63, 3.8) is 0 Å². The Labute approximate surface area is 134 Å². The molecule has 2 aromatic rings. The van der Waals surface area contributed by atoms with Crippen LogP contribution in [0.4, 0.5) is 0 Å². The molecule has 0 spiro atoms. The molecule has 1 aromatic heterocycles. The van der Waals surface area contributed by atoms with Gasteiger partial charge in [-0.1, -0.05) is 12.1 Å². The quantitative estimate of drug-likeness (QED) is 0.946. The minimum atomic E-state index is -1.01. The third-order valence-corrected chi connectivity index (χ3v) is 4.14. The summed E-state index contributed by atoms with van der Waals surface area (Å²) in [5.41, 5.74) is 2.16. The van der Waals surface area contributed by atoms with Crippen LogP contribution in [-0.4, -0.2) is 40.0 Å². The zero-order chi connectivity index (χ0) is 16.2. The lowest BCUT2D eigenvalue weighted by molar-refractivity contribution is 0.0694. The number of pyridine rings is 1. The lowest BCUT2D eigenvalue weighted by Gasteiger charge is -2.26. The van der Waals surface area contributed by atoms with Gasteiger partial charge in [0.15, 0.2) is 0 Å². The predicted octanol–water partition coefficient (Wildman–Crippen LogP) is 3.07. The minimum absolute atomic E-state index is 0.0458. The van der Waals surface area contributed by atoms with Crippen LogP contribution in [0.2, 0.25) is 0 Å². The van der Waals surface area contributed by atoms with Crippen molar-refractivity contribution in [2.45, 2.75) is 19.3 Å². The van der Waals surface area contributed by atoms with Crippen LogP contribution in [0, 0.1) is 0 Å². The van der Waals surface area contributed by atoms with Gasteiger partial charge in [0.25, 0.3) is 5.91 Å². The number of benzene rings is 1. The molecule has 0 bridgehead atoms. The number of rotatable bonds is 3. The third kappa shape index (κ3) is 3.23. The monoisotopic (exact) mass is 310 g/mol. The number of piperidine rings is 1. The fourth-order valence-electron chi connectivity index (χ4n) is 2.89. The average Bonchev–Trinajstić information content (AvgIpc) is 2.62. The van der Waals surface area contributed by atoms with Crippen molar-refractivity contribution in [3.05, 3.63) is 53.9 Å². The van der Waals surface area contributed by atoms with Crippen LogP contribution >= 0.6 is 0 Å². The smallest absolute Gasteiger partial charge is 0.337 e.